The molecule has 154 valence electrons. The van der Waals surface area contributed by atoms with Crippen LogP contribution in [0.3, 0.4) is 0 Å². The molecule has 6 nitrogen and oxygen atoms in total. The van der Waals surface area contributed by atoms with Crippen molar-refractivity contribution in [3.63, 3.8) is 0 Å². The fraction of sp³-hybridized carbons (Fsp3) is 0.238. The number of nitrogens with zero attached hydrogens (tertiary/aromatic N) is 5. The number of thiazole rings is 1. The zero-order valence-corrected chi connectivity index (χ0v) is 16.8. The van der Waals surface area contributed by atoms with Crippen molar-refractivity contribution >= 4 is 22.0 Å². The van der Waals surface area contributed by atoms with Crippen LogP contribution in [-0.2, 0) is 0 Å². The molecule has 30 heavy (non-hydrogen) atoms. The summed E-state index contributed by atoms with van der Waals surface area (Å²) in [6.45, 7) is 2.49. The Morgan fingerprint density at radius 2 is 1.80 bits per heavy atom. The Morgan fingerprint density at radius 1 is 1.00 bits per heavy atom. The maximum absolute atomic E-state index is 14.2. The van der Waals surface area contributed by atoms with Gasteiger partial charge in [-0.15, -0.1) is 0 Å². The van der Waals surface area contributed by atoms with E-state index in [9.17, 15) is 13.9 Å². The molecule has 0 unspecified atom stereocenters. The Kier molecular flexibility index (Phi) is 4.84. The summed E-state index contributed by atoms with van der Waals surface area (Å²) in [5.74, 6) is -0.560. The van der Waals surface area contributed by atoms with Crippen LogP contribution in [-0.4, -0.2) is 50.8 Å². The molecule has 9 heteroatoms. The van der Waals surface area contributed by atoms with Crippen molar-refractivity contribution in [2.75, 3.05) is 31.1 Å². The molecule has 0 bridgehead atoms. The monoisotopic (exact) mass is 427 g/mol. The molecule has 1 atom stereocenters. The highest BCUT2D eigenvalue weighted by atomic mass is 32.1. The van der Waals surface area contributed by atoms with Gasteiger partial charge in [-0.1, -0.05) is 35.6 Å². The quantitative estimate of drug-likeness (QED) is 0.538. The Balaban J connectivity index is 1.48. The first-order valence-corrected chi connectivity index (χ1v) is 10.4. The third-order valence-electron chi connectivity index (χ3n) is 5.42. The van der Waals surface area contributed by atoms with E-state index in [1.807, 2.05) is 17.0 Å². The molecule has 1 saturated heterocycles. The second-order valence-corrected chi connectivity index (χ2v) is 8.19. The highest BCUT2D eigenvalue weighted by Crippen LogP contribution is 2.40. The van der Waals surface area contributed by atoms with Crippen LogP contribution in [0.2, 0.25) is 0 Å². The number of para-hydroxylation sites is 1. The predicted octanol–water partition coefficient (Wildman–Crippen LogP) is 3.69. The molecule has 3 heterocycles. The molecular formula is C21H19F2N5OS. The largest absolute Gasteiger partial charge is 0.492 e. The second kappa shape index (κ2) is 7.66. The molecule has 0 spiro atoms. The minimum Gasteiger partial charge on any atom is -0.492 e. The van der Waals surface area contributed by atoms with Crippen molar-refractivity contribution < 1.29 is 13.9 Å². The maximum Gasteiger partial charge on any atom is 0.230 e. The predicted molar refractivity (Wildman–Crippen MR) is 111 cm³/mol. The Labute approximate surface area is 175 Å². The lowest BCUT2D eigenvalue weighted by Crippen LogP contribution is -2.48. The van der Waals surface area contributed by atoms with Crippen LogP contribution in [0.4, 0.5) is 14.5 Å². The van der Waals surface area contributed by atoms with E-state index in [0.717, 1.165) is 5.56 Å². The van der Waals surface area contributed by atoms with E-state index in [-0.39, 0.29) is 23.6 Å². The third kappa shape index (κ3) is 3.29. The van der Waals surface area contributed by atoms with Gasteiger partial charge < -0.3 is 10.0 Å². The lowest BCUT2D eigenvalue weighted by Gasteiger charge is -2.40. The second-order valence-electron chi connectivity index (χ2n) is 7.18. The average molecular weight is 427 g/mol. The molecule has 4 aromatic rings. The summed E-state index contributed by atoms with van der Waals surface area (Å²) >= 11 is 1.33. The van der Waals surface area contributed by atoms with E-state index in [0.29, 0.717) is 41.7 Å². The molecule has 5 rings (SSSR count). The van der Waals surface area contributed by atoms with E-state index in [4.69, 9.17) is 0 Å². The number of hydrogen-bond donors (Lipinski definition) is 1. The van der Waals surface area contributed by atoms with Gasteiger partial charge in [0.15, 0.2) is 0 Å². The minimum atomic E-state index is -0.350. The highest BCUT2D eigenvalue weighted by Gasteiger charge is 2.32. The number of hydrogen-bond acceptors (Lipinski definition) is 6. The highest BCUT2D eigenvalue weighted by molar-refractivity contribution is 7.17. The molecule has 1 aliphatic rings. The van der Waals surface area contributed by atoms with E-state index < -0.39 is 0 Å². The summed E-state index contributed by atoms with van der Waals surface area (Å²) in [7, 11) is 0. The van der Waals surface area contributed by atoms with Gasteiger partial charge >= 0.3 is 0 Å². The van der Waals surface area contributed by atoms with Gasteiger partial charge in [-0.25, -0.2) is 13.8 Å². The first kappa shape index (κ1) is 19.0. The molecule has 1 fully saturated rings. The zero-order valence-electron chi connectivity index (χ0n) is 15.9. The van der Waals surface area contributed by atoms with E-state index >= 15 is 0 Å². The molecular weight excluding hydrogens is 408 g/mol. The summed E-state index contributed by atoms with van der Waals surface area (Å²) in [4.78, 5) is 9.60. The number of aromatic nitrogens is 3. The summed E-state index contributed by atoms with van der Waals surface area (Å²) in [6, 6.07) is 12.8. The van der Waals surface area contributed by atoms with Gasteiger partial charge in [0.1, 0.15) is 18.0 Å². The first-order valence-electron chi connectivity index (χ1n) is 9.62. The molecule has 0 amide bonds. The maximum atomic E-state index is 14.2. The van der Waals surface area contributed by atoms with Gasteiger partial charge in [-0.2, -0.15) is 9.61 Å². The summed E-state index contributed by atoms with van der Waals surface area (Å²) in [5.41, 5.74) is 1.33. The van der Waals surface area contributed by atoms with Crippen molar-refractivity contribution in [2.24, 2.45) is 0 Å². The average Bonchev–Trinajstić information content (AvgIpc) is 3.33. The zero-order chi connectivity index (χ0) is 20.7. The van der Waals surface area contributed by atoms with E-state index in [2.05, 4.69) is 15.0 Å². The number of piperazine rings is 1. The van der Waals surface area contributed by atoms with Gasteiger partial charge in [0.2, 0.25) is 10.8 Å². The molecule has 0 aliphatic carbocycles. The van der Waals surface area contributed by atoms with Crippen LogP contribution in [0.25, 0.3) is 4.96 Å². The van der Waals surface area contributed by atoms with Crippen LogP contribution in [0.15, 0.2) is 54.9 Å². The van der Waals surface area contributed by atoms with Crippen LogP contribution in [0, 0.1) is 11.6 Å². The Hall–Kier alpha value is -3.04. The molecule has 2 aromatic carbocycles. The molecule has 1 N–H and O–H groups in total. The number of aromatic hydroxyl groups is 1. The smallest absolute Gasteiger partial charge is 0.230 e. The van der Waals surface area contributed by atoms with Gasteiger partial charge in [0.25, 0.3) is 0 Å². The van der Waals surface area contributed by atoms with Gasteiger partial charge in [-0.05, 0) is 29.8 Å². The number of rotatable bonds is 4. The lowest BCUT2D eigenvalue weighted by atomic mass is 10.0. The van der Waals surface area contributed by atoms with Crippen LogP contribution in [0.5, 0.6) is 5.88 Å². The number of halogens is 2. The van der Waals surface area contributed by atoms with Crippen molar-refractivity contribution in [3.05, 3.63) is 76.9 Å². The standard InChI is InChI=1S/C21H19F2N5OS/c22-15-5-3-4-14(12-15)18(19-20(29)28-21(30-19)24-13-25-28)27-10-8-26(9-11-27)17-7-2-1-6-16(17)23/h1-7,12-13,18,29H,8-11H2/t18-/m1/s1. The minimum absolute atomic E-state index is 0.0123. The molecule has 0 radical (unpaired) electrons. The van der Waals surface area contributed by atoms with Gasteiger partial charge in [-0.3, -0.25) is 4.90 Å². The van der Waals surface area contributed by atoms with E-state index in [1.54, 1.807) is 18.2 Å². The van der Waals surface area contributed by atoms with Crippen molar-refractivity contribution in [3.8, 4) is 5.88 Å². The van der Waals surface area contributed by atoms with Crippen molar-refractivity contribution in [1.29, 1.82) is 0 Å². The fourth-order valence-electron chi connectivity index (χ4n) is 4.01. The van der Waals surface area contributed by atoms with E-state index in [1.165, 1.54) is 40.4 Å². The number of fused-ring (bicyclic) bond motifs is 1. The van der Waals surface area contributed by atoms with Gasteiger partial charge in [0.05, 0.1) is 16.6 Å². The number of anilines is 1. The SMILES string of the molecule is Oc1c([C@@H](c2cccc(F)c2)N2CCN(c3ccccc3F)CC2)sc2ncnn12. The Morgan fingerprint density at radius 3 is 2.53 bits per heavy atom. The fourth-order valence-corrected chi connectivity index (χ4v) is 5.10. The summed E-state index contributed by atoms with van der Waals surface area (Å²) in [5, 5.41) is 14.8. The third-order valence-corrected chi connectivity index (χ3v) is 6.51. The van der Waals surface area contributed by atoms with Crippen LogP contribution in [0.1, 0.15) is 16.5 Å². The first-order chi connectivity index (χ1) is 14.6. The summed E-state index contributed by atoms with van der Waals surface area (Å²) < 4.78 is 29.6. The van der Waals surface area contributed by atoms with Crippen molar-refractivity contribution in [1.82, 2.24) is 19.5 Å². The molecule has 2 aromatic heterocycles. The lowest BCUT2D eigenvalue weighted by molar-refractivity contribution is 0.210. The van der Waals surface area contributed by atoms with Crippen molar-refractivity contribution in [2.45, 2.75) is 6.04 Å². The topological polar surface area (TPSA) is 56.9 Å². The van der Waals surface area contributed by atoms with Crippen LogP contribution >= 0.6 is 11.3 Å². The normalized spacial score (nSPS) is 16.3. The number of benzene rings is 2. The Bertz CT molecular complexity index is 1190. The summed E-state index contributed by atoms with van der Waals surface area (Å²) in [6.07, 6.45) is 1.39. The molecule has 1 aliphatic heterocycles. The van der Waals surface area contributed by atoms with Gasteiger partial charge in [0, 0.05) is 26.2 Å². The van der Waals surface area contributed by atoms with Crippen LogP contribution < -0.4 is 4.90 Å². The molecule has 0 saturated carbocycles.